The Morgan fingerprint density at radius 1 is 1.09 bits per heavy atom. The van der Waals surface area contributed by atoms with Gasteiger partial charge in [0.15, 0.2) is 0 Å². The van der Waals surface area contributed by atoms with Gasteiger partial charge in [0, 0.05) is 46.7 Å². The molecule has 0 saturated carbocycles. The largest absolute Gasteiger partial charge is 0.442 e. The second-order valence-electron chi connectivity index (χ2n) is 12.1. The topological polar surface area (TPSA) is 137 Å². The number of hydrogen-bond donors (Lipinski definition) is 2. The zero-order valence-electron chi connectivity index (χ0n) is 26.3. The van der Waals surface area contributed by atoms with Crippen LogP contribution in [0.3, 0.4) is 0 Å². The molecule has 1 aliphatic carbocycles. The third kappa shape index (κ3) is 9.68. The summed E-state index contributed by atoms with van der Waals surface area (Å²) in [7, 11) is 0.774. The van der Waals surface area contributed by atoms with Gasteiger partial charge < -0.3 is 19.6 Å². The summed E-state index contributed by atoms with van der Waals surface area (Å²) in [6.07, 6.45) is 3.33. The number of piperazine rings is 1. The number of anilines is 1. The molecule has 13 heteroatoms. The molecule has 2 aliphatic rings. The average molecular weight is 637 g/mol. The molecule has 2 N–H and O–H groups in total. The van der Waals surface area contributed by atoms with Crippen LogP contribution in [0.2, 0.25) is 0 Å². The van der Waals surface area contributed by atoms with Gasteiger partial charge in [0.2, 0.25) is 11.6 Å². The molecule has 3 rings (SSSR count). The molecule has 244 valence electrons. The van der Waals surface area contributed by atoms with Crippen molar-refractivity contribution >= 4 is 39.6 Å². The molecule has 44 heavy (non-hydrogen) atoms. The molecule has 0 unspecified atom stereocenters. The Kier molecular flexibility index (Phi) is 12.2. The van der Waals surface area contributed by atoms with Crippen molar-refractivity contribution in [2.45, 2.75) is 52.2 Å². The molecule has 0 radical (unpaired) electrons. The highest BCUT2D eigenvalue weighted by atomic mass is 32.2. The van der Waals surface area contributed by atoms with Crippen LogP contribution in [-0.2, 0) is 24.5 Å². The number of halogens is 1. The number of aliphatic hydroxyl groups is 1. The Morgan fingerprint density at radius 3 is 2.39 bits per heavy atom. The highest BCUT2D eigenvalue weighted by Gasteiger charge is 2.33. The van der Waals surface area contributed by atoms with Crippen molar-refractivity contribution in [1.82, 2.24) is 14.1 Å². The summed E-state index contributed by atoms with van der Waals surface area (Å²) in [4.78, 5) is 43.3. The molecule has 1 heterocycles. The van der Waals surface area contributed by atoms with E-state index in [9.17, 15) is 32.3 Å². The zero-order valence-corrected chi connectivity index (χ0v) is 27.1. The fourth-order valence-corrected chi connectivity index (χ4v) is 5.94. The van der Waals surface area contributed by atoms with Gasteiger partial charge in [0.1, 0.15) is 11.9 Å². The lowest BCUT2D eigenvalue weighted by Gasteiger charge is -2.33. The van der Waals surface area contributed by atoms with Crippen molar-refractivity contribution in [2.24, 2.45) is 17.8 Å². The maximum absolute atomic E-state index is 14.5. The fourth-order valence-electron chi connectivity index (χ4n) is 5.34. The van der Waals surface area contributed by atoms with Crippen molar-refractivity contribution in [3.8, 4) is 0 Å². The number of ether oxygens (including phenoxy) is 1. The lowest BCUT2D eigenvalue weighted by molar-refractivity contribution is -0.140. The van der Waals surface area contributed by atoms with Gasteiger partial charge in [0.25, 0.3) is 0 Å². The molecule has 0 aromatic heterocycles. The Labute approximate surface area is 259 Å². The SMILES string of the molecule is C/C(=C\c1cc(F)cc(NS(=O)(=O)N(C)C)c1)[C@H]1C(=O)C(=O)C[C@H](O)CC[C@H](C)[C@@H](OC(=O)N2CCN(C)CC2)/C=C/[C@@H]1C. The molecule has 5 atom stereocenters. The second kappa shape index (κ2) is 15.2. The summed E-state index contributed by atoms with van der Waals surface area (Å²) in [5.74, 6) is -3.75. The van der Waals surface area contributed by atoms with Crippen molar-refractivity contribution in [1.29, 1.82) is 0 Å². The standard InChI is InChI=1S/C31H45FN4O7S/c1-20-7-9-26(37)19-27(38)30(39)29(21(2)8-10-28(20)43-31(40)36-13-11-35(6)12-14-36)22(3)15-23-16-24(32)18-25(17-23)33-44(41,42)34(4)5/h8,10,15-18,20-21,26,28-29,33,37H,7,9,11-14,19H2,1-6H3/b10-8+,22-15+/t20-,21-,26+,28-,29-/m0/s1. The van der Waals surface area contributed by atoms with Crippen molar-refractivity contribution in [3.63, 3.8) is 0 Å². The number of aliphatic hydroxyl groups excluding tert-OH is 1. The van der Waals surface area contributed by atoms with E-state index in [2.05, 4.69) is 9.62 Å². The number of nitrogens with one attached hydrogen (secondary N) is 1. The smallest absolute Gasteiger partial charge is 0.410 e. The van der Waals surface area contributed by atoms with E-state index in [1.165, 1.54) is 32.3 Å². The van der Waals surface area contributed by atoms with Gasteiger partial charge in [0.05, 0.1) is 17.7 Å². The van der Waals surface area contributed by atoms with Gasteiger partial charge in [-0.1, -0.05) is 31.6 Å². The lowest BCUT2D eigenvalue weighted by atomic mass is 9.80. The fraction of sp³-hybridized carbons (Fsp3) is 0.581. The van der Waals surface area contributed by atoms with E-state index in [1.54, 1.807) is 30.9 Å². The van der Waals surface area contributed by atoms with E-state index < -0.39 is 57.7 Å². The highest BCUT2D eigenvalue weighted by molar-refractivity contribution is 7.90. The molecular weight excluding hydrogens is 591 g/mol. The first-order valence-corrected chi connectivity index (χ1v) is 16.3. The number of allylic oxidation sites excluding steroid dienone is 2. The first-order chi connectivity index (χ1) is 20.6. The summed E-state index contributed by atoms with van der Waals surface area (Å²) in [6.45, 7) is 7.91. The van der Waals surface area contributed by atoms with E-state index in [-0.39, 0.29) is 30.0 Å². The number of ketones is 2. The number of likely N-dealkylation sites (N-methyl/N-ethyl adjacent to an activating group) is 1. The quantitative estimate of drug-likeness (QED) is 0.359. The molecule has 0 spiro atoms. The van der Waals surface area contributed by atoms with Crippen LogP contribution in [0, 0.1) is 23.6 Å². The lowest BCUT2D eigenvalue weighted by Crippen LogP contribution is -2.48. The van der Waals surface area contributed by atoms with E-state index in [4.69, 9.17) is 4.74 Å². The number of carbonyl (C=O) groups is 3. The maximum atomic E-state index is 14.5. The van der Waals surface area contributed by atoms with Gasteiger partial charge >= 0.3 is 16.3 Å². The van der Waals surface area contributed by atoms with E-state index in [0.29, 0.717) is 25.1 Å². The predicted octanol–water partition coefficient (Wildman–Crippen LogP) is 3.33. The molecule has 1 fully saturated rings. The maximum Gasteiger partial charge on any atom is 0.410 e. The Bertz CT molecular complexity index is 1370. The van der Waals surface area contributed by atoms with Gasteiger partial charge in [-0.05, 0) is 68.5 Å². The van der Waals surface area contributed by atoms with Crippen LogP contribution in [0.1, 0.15) is 45.6 Å². The van der Waals surface area contributed by atoms with Crippen LogP contribution >= 0.6 is 0 Å². The minimum atomic E-state index is -3.89. The summed E-state index contributed by atoms with van der Waals surface area (Å²) in [6, 6.07) is 3.66. The minimum absolute atomic E-state index is 0.00564. The number of nitrogens with zero attached hydrogens (tertiary/aromatic N) is 3. The van der Waals surface area contributed by atoms with Crippen LogP contribution in [-0.4, -0.2) is 105 Å². The van der Waals surface area contributed by atoms with E-state index in [0.717, 1.165) is 23.5 Å². The monoisotopic (exact) mass is 636 g/mol. The zero-order chi connectivity index (χ0) is 32.8. The summed E-state index contributed by atoms with van der Waals surface area (Å²) in [5.41, 5.74) is 0.723. The van der Waals surface area contributed by atoms with Crippen LogP contribution in [0.5, 0.6) is 0 Å². The average Bonchev–Trinajstić information content (AvgIpc) is 2.93. The van der Waals surface area contributed by atoms with Crippen molar-refractivity contribution < 1.29 is 37.0 Å². The number of benzene rings is 1. The Balaban J connectivity index is 1.93. The van der Waals surface area contributed by atoms with Crippen LogP contribution in [0.4, 0.5) is 14.9 Å². The molecule has 1 aromatic carbocycles. The molecule has 1 saturated heterocycles. The van der Waals surface area contributed by atoms with Crippen LogP contribution < -0.4 is 4.72 Å². The predicted molar refractivity (Wildman–Crippen MR) is 166 cm³/mol. The molecular formula is C31H45FN4O7S. The van der Waals surface area contributed by atoms with E-state index in [1.807, 2.05) is 14.0 Å². The highest BCUT2D eigenvalue weighted by Crippen LogP contribution is 2.29. The van der Waals surface area contributed by atoms with Crippen LogP contribution in [0.25, 0.3) is 6.08 Å². The van der Waals surface area contributed by atoms with Gasteiger partial charge in [-0.3, -0.25) is 14.3 Å². The summed E-state index contributed by atoms with van der Waals surface area (Å²) >= 11 is 0. The van der Waals surface area contributed by atoms with Crippen LogP contribution in [0.15, 0.2) is 35.9 Å². The van der Waals surface area contributed by atoms with E-state index >= 15 is 0 Å². The van der Waals surface area contributed by atoms with Gasteiger partial charge in [-0.2, -0.15) is 12.7 Å². The Hall–Kier alpha value is -3.13. The number of amides is 1. The minimum Gasteiger partial charge on any atom is -0.442 e. The first-order valence-electron chi connectivity index (χ1n) is 14.8. The first kappa shape index (κ1) is 35.4. The van der Waals surface area contributed by atoms with Gasteiger partial charge in [-0.25, -0.2) is 9.18 Å². The molecule has 1 aromatic rings. The number of rotatable bonds is 6. The number of Topliss-reactive ketones (excluding diaryl/α,β-unsaturated/α-hetero) is 2. The van der Waals surface area contributed by atoms with Crippen molar-refractivity contribution in [3.05, 3.63) is 47.3 Å². The molecule has 1 aliphatic heterocycles. The molecule has 0 bridgehead atoms. The molecule has 1 amide bonds. The Morgan fingerprint density at radius 2 is 1.75 bits per heavy atom. The third-order valence-electron chi connectivity index (χ3n) is 8.16. The summed E-state index contributed by atoms with van der Waals surface area (Å²) in [5, 5.41) is 10.6. The number of carbonyl (C=O) groups excluding carboxylic acids is 3. The normalized spacial score (nSPS) is 27.4. The summed E-state index contributed by atoms with van der Waals surface area (Å²) < 4.78 is 48.2. The number of hydrogen-bond acceptors (Lipinski definition) is 8. The third-order valence-corrected chi connectivity index (χ3v) is 9.61. The molecule has 11 nitrogen and oxygen atoms in total. The second-order valence-corrected chi connectivity index (χ2v) is 14.0. The van der Waals surface area contributed by atoms with Crippen molar-refractivity contribution in [2.75, 3.05) is 52.0 Å². The van der Waals surface area contributed by atoms with Gasteiger partial charge in [-0.15, -0.1) is 0 Å².